The van der Waals surface area contributed by atoms with Crippen molar-refractivity contribution < 1.29 is 0 Å². The van der Waals surface area contributed by atoms with Gasteiger partial charge < -0.3 is 5.73 Å². The lowest BCUT2D eigenvalue weighted by molar-refractivity contribution is 0.177. The number of nitrogens with zero attached hydrogens (tertiary/aromatic N) is 1. The minimum absolute atomic E-state index is 0.248. The molecule has 2 N–H and O–H groups in total. The lowest BCUT2D eigenvalue weighted by atomic mass is 9.80. The highest BCUT2D eigenvalue weighted by Crippen LogP contribution is 2.39. The van der Waals surface area contributed by atoms with Gasteiger partial charge in [0.2, 0.25) is 0 Å². The third-order valence-corrected chi connectivity index (χ3v) is 5.49. The summed E-state index contributed by atoms with van der Waals surface area (Å²) in [7, 11) is 0. The van der Waals surface area contributed by atoms with Crippen molar-refractivity contribution in [2.45, 2.75) is 52.6 Å². The van der Waals surface area contributed by atoms with Crippen LogP contribution in [0.2, 0.25) is 0 Å². The molecule has 0 aliphatic carbocycles. The highest BCUT2D eigenvalue weighted by molar-refractivity contribution is 7.10. The van der Waals surface area contributed by atoms with Crippen LogP contribution < -0.4 is 5.73 Å². The van der Waals surface area contributed by atoms with E-state index in [0.717, 1.165) is 12.3 Å². The molecule has 2 rings (SSSR count). The highest BCUT2D eigenvalue weighted by atomic mass is 32.1. The van der Waals surface area contributed by atoms with E-state index in [1.807, 2.05) is 11.3 Å². The van der Waals surface area contributed by atoms with Crippen LogP contribution in [0.15, 0.2) is 17.5 Å². The van der Waals surface area contributed by atoms with E-state index in [2.05, 4.69) is 50.1 Å². The molecule has 1 aliphatic rings. The molecule has 3 atom stereocenters. The second kappa shape index (κ2) is 5.94. The van der Waals surface area contributed by atoms with E-state index < -0.39 is 0 Å². The van der Waals surface area contributed by atoms with Crippen molar-refractivity contribution in [1.82, 2.24) is 4.90 Å². The molecule has 0 amide bonds. The maximum atomic E-state index is 6.41. The van der Waals surface area contributed by atoms with Gasteiger partial charge in [-0.05, 0) is 42.2 Å². The second-order valence-electron chi connectivity index (χ2n) is 6.88. The fourth-order valence-corrected chi connectivity index (χ4v) is 4.03. The zero-order valence-corrected chi connectivity index (χ0v) is 13.5. The van der Waals surface area contributed by atoms with Gasteiger partial charge in [0.05, 0.1) is 6.04 Å². The van der Waals surface area contributed by atoms with Crippen LogP contribution in [0.3, 0.4) is 0 Å². The van der Waals surface area contributed by atoms with Crippen LogP contribution in [0.4, 0.5) is 0 Å². The van der Waals surface area contributed by atoms with Gasteiger partial charge in [0.25, 0.3) is 0 Å². The number of thiophene rings is 1. The Balaban J connectivity index is 2.13. The topological polar surface area (TPSA) is 29.3 Å². The molecule has 1 saturated heterocycles. The lowest BCUT2D eigenvalue weighted by Gasteiger charge is -2.33. The van der Waals surface area contributed by atoms with Crippen LogP contribution in [0.1, 0.15) is 51.5 Å². The first-order valence-corrected chi connectivity index (χ1v) is 8.34. The van der Waals surface area contributed by atoms with Gasteiger partial charge in [0.1, 0.15) is 0 Å². The SMILES string of the molecule is CCC(N)C(c1cccs1)N1CCC(C(C)(C)C)C1. The molecule has 1 aromatic heterocycles. The van der Waals surface area contributed by atoms with E-state index in [4.69, 9.17) is 5.73 Å². The molecule has 1 aromatic rings. The van der Waals surface area contributed by atoms with E-state index in [0.29, 0.717) is 11.5 Å². The monoisotopic (exact) mass is 280 g/mol. The number of nitrogens with two attached hydrogens (primary N) is 1. The molecule has 19 heavy (non-hydrogen) atoms. The first-order valence-electron chi connectivity index (χ1n) is 7.46. The van der Waals surface area contributed by atoms with E-state index in [1.54, 1.807) is 0 Å². The summed E-state index contributed by atoms with van der Waals surface area (Å²) in [6.07, 6.45) is 2.35. The van der Waals surface area contributed by atoms with Crippen LogP contribution >= 0.6 is 11.3 Å². The van der Waals surface area contributed by atoms with Crippen molar-refractivity contribution in [3.05, 3.63) is 22.4 Å². The number of rotatable bonds is 4. The molecule has 0 radical (unpaired) electrons. The zero-order chi connectivity index (χ0) is 14.0. The van der Waals surface area contributed by atoms with Crippen molar-refractivity contribution in [1.29, 1.82) is 0 Å². The van der Waals surface area contributed by atoms with E-state index in [1.165, 1.54) is 24.4 Å². The summed E-state index contributed by atoms with van der Waals surface area (Å²) in [5.41, 5.74) is 6.82. The molecule has 0 bridgehead atoms. The maximum absolute atomic E-state index is 6.41. The maximum Gasteiger partial charge on any atom is 0.0593 e. The lowest BCUT2D eigenvalue weighted by Crippen LogP contribution is -2.40. The van der Waals surface area contributed by atoms with Crippen molar-refractivity contribution in [3.8, 4) is 0 Å². The second-order valence-corrected chi connectivity index (χ2v) is 7.86. The Hall–Kier alpha value is -0.380. The molecular weight excluding hydrogens is 252 g/mol. The van der Waals surface area contributed by atoms with Crippen molar-refractivity contribution in [3.63, 3.8) is 0 Å². The van der Waals surface area contributed by atoms with Crippen molar-refractivity contribution in [2.24, 2.45) is 17.1 Å². The van der Waals surface area contributed by atoms with Crippen molar-refractivity contribution >= 4 is 11.3 Å². The first kappa shape index (κ1) is 15.0. The fraction of sp³-hybridized carbons (Fsp3) is 0.750. The molecule has 2 heterocycles. The molecule has 1 aliphatic heterocycles. The Labute approximate surface area is 122 Å². The predicted molar refractivity (Wildman–Crippen MR) is 84.5 cm³/mol. The van der Waals surface area contributed by atoms with Gasteiger partial charge in [-0.1, -0.05) is 33.8 Å². The van der Waals surface area contributed by atoms with Crippen molar-refractivity contribution in [2.75, 3.05) is 13.1 Å². The van der Waals surface area contributed by atoms with Gasteiger partial charge in [0, 0.05) is 17.5 Å². The largest absolute Gasteiger partial charge is 0.326 e. The summed E-state index contributed by atoms with van der Waals surface area (Å²) in [4.78, 5) is 4.06. The number of likely N-dealkylation sites (tertiary alicyclic amines) is 1. The third-order valence-electron chi connectivity index (χ3n) is 4.55. The molecular formula is C16H28N2S. The minimum Gasteiger partial charge on any atom is -0.326 e. The van der Waals surface area contributed by atoms with Crippen LogP contribution in [0, 0.1) is 11.3 Å². The molecule has 2 nitrogen and oxygen atoms in total. The smallest absolute Gasteiger partial charge is 0.0593 e. The molecule has 0 spiro atoms. The van der Waals surface area contributed by atoms with Gasteiger partial charge in [-0.25, -0.2) is 0 Å². The van der Waals surface area contributed by atoms with Crippen LogP contribution in [0.5, 0.6) is 0 Å². The Morgan fingerprint density at radius 2 is 2.21 bits per heavy atom. The van der Waals surface area contributed by atoms with Gasteiger partial charge in [-0.3, -0.25) is 4.90 Å². The number of hydrogen-bond acceptors (Lipinski definition) is 3. The molecule has 3 heteroatoms. The zero-order valence-electron chi connectivity index (χ0n) is 12.7. The predicted octanol–water partition coefficient (Wildman–Crippen LogP) is 3.89. The summed E-state index contributed by atoms with van der Waals surface area (Å²) in [5.74, 6) is 0.791. The van der Waals surface area contributed by atoms with Crippen LogP contribution in [-0.4, -0.2) is 24.0 Å². The average Bonchev–Trinajstić information content (AvgIpc) is 2.99. The molecule has 3 unspecified atom stereocenters. The molecule has 0 aromatic carbocycles. The fourth-order valence-electron chi connectivity index (χ4n) is 3.09. The average molecular weight is 280 g/mol. The summed E-state index contributed by atoms with van der Waals surface area (Å²) in [6, 6.07) is 5.05. The van der Waals surface area contributed by atoms with Gasteiger partial charge in [0.15, 0.2) is 0 Å². The number of hydrogen-bond donors (Lipinski definition) is 1. The minimum atomic E-state index is 0.248. The highest BCUT2D eigenvalue weighted by Gasteiger charge is 2.37. The van der Waals surface area contributed by atoms with E-state index in [-0.39, 0.29) is 6.04 Å². The van der Waals surface area contributed by atoms with E-state index in [9.17, 15) is 0 Å². The summed E-state index contributed by atoms with van der Waals surface area (Å²) in [5, 5.41) is 2.17. The van der Waals surface area contributed by atoms with Gasteiger partial charge in [-0.15, -0.1) is 11.3 Å². The standard InChI is InChI=1S/C16H28N2S/c1-5-13(17)15(14-7-6-10-19-14)18-9-8-12(11-18)16(2,3)4/h6-7,10,12-13,15H,5,8-9,11,17H2,1-4H3. The Morgan fingerprint density at radius 1 is 1.47 bits per heavy atom. The Kier molecular flexibility index (Phi) is 4.70. The van der Waals surface area contributed by atoms with E-state index >= 15 is 0 Å². The van der Waals surface area contributed by atoms with Crippen LogP contribution in [-0.2, 0) is 0 Å². The summed E-state index contributed by atoms with van der Waals surface area (Å²) < 4.78 is 0. The summed E-state index contributed by atoms with van der Waals surface area (Å²) in [6.45, 7) is 11.7. The molecule has 1 fully saturated rings. The van der Waals surface area contributed by atoms with Crippen LogP contribution in [0.25, 0.3) is 0 Å². The summed E-state index contributed by atoms with van der Waals surface area (Å²) >= 11 is 1.85. The van der Waals surface area contributed by atoms with Gasteiger partial charge >= 0.3 is 0 Å². The molecule has 108 valence electrons. The normalized spacial score (nSPS) is 24.6. The Morgan fingerprint density at radius 3 is 2.68 bits per heavy atom. The van der Waals surface area contributed by atoms with Gasteiger partial charge in [-0.2, -0.15) is 0 Å². The Bertz CT molecular complexity index is 380. The molecule has 0 saturated carbocycles. The third kappa shape index (κ3) is 3.39. The first-order chi connectivity index (χ1) is 8.93. The quantitative estimate of drug-likeness (QED) is 0.906.